The van der Waals surface area contributed by atoms with E-state index in [0.717, 1.165) is 64.2 Å². The fraction of sp³-hybridized carbons (Fsp3) is 0.786. The number of hydrogen-bond acceptors (Lipinski definition) is 4. The molecule has 4 heteroatoms. The van der Waals surface area contributed by atoms with E-state index in [2.05, 4.69) is 13.2 Å². The zero-order valence-electron chi connectivity index (χ0n) is 20.8. The van der Waals surface area contributed by atoms with E-state index < -0.39 is 0 Å². The van der Waals surface area contributed by atoms with E-state index in [4.69, 9.17) is 9.47 Å². The van der Waals surface area contributed by atoms with Gasteiger partial charge in [-0.25, -0.2) is 0 Å². The van der Waals surface area contributed by atoms with E-state index in [1.54, 1.807) is 0 Å². The van der Waals surface area contributed by atoms with Crippen molar-refractivity contribution in [2.75, 3.05) is 13.2 Å². The van der Waals surface area contributed by atoms with Gasteiger partial charge in [0, 0.05) is 12.8 Å². The largest absolute Gasteiger partial charge is 0.466 e. The average Bonchev–Trinajstić information content (AvgIpc) is 2.79. The summed E-state index contributed by atoms with van der Waals surface area (Å²) in [6.45, 7) is 8.48. The third kappa shape index (κ3) is 24.7. The summed E-state index contributed by atoms with van der Waals surface area (Å²) in [5.74, 6) is -0.135. The van der Waals surface area contributed by atoms with Gasteiger partial charge in [0.2, 0.25) is 0 Å². The Hall–Kier alpha value is -1.58. The van der Waals surface area contributed by atoms with E-state index in [1.807, 2.05) is 12.2 Å². The van der Waals surface area contributed by atoms with Crippen LogP contribution in [0, 0.1) is 0 Å². The highest BCUT2D eigenvalue weighted by atomic mass is 16.5. The van der Waals surface area contributed by atoms with E-state index in [1.165, 1.54) is 51.4 Å². The topological polar surface area (TPSA) is 52.6 Å². The van der Waals surface area contributed by atoms with Gasteiger partial charge < -0.3 is 9.47 Å². The Morgan fingerprint density at radius 3 is 1.16 bits per heavy atom. The number of rotatable bonds is 25. The Kier molecular flexibility index (Phi) is 24.4. The lowest BCUT2D eigenvalue weighted by Gasteiger charge is -2.06. The smallest absolute Gasteiger partial charge is 0.305 e. The first-order valence-electron chi connectivity index (χ1n) is 13.2. The van der Waals surface area contributed by atoms with Crippen molar-refractivity contribution in [2.24, 2.45) is 0 Å². The summed E-state index contributed by atoms with van der Waals surface area (Å²) in [4.78, 5) is 23.4. The van der Waals surface area contributed by atoms with E-state index >= 15 is 0 Å². The molecule has 4 nitrogen and oxygen atoms in total. The van der Waals surface area contributed by atoms with Gasteiger partial charge in [-0.15, -0.1) is 13.2 Å². The minimum atomic E-state index is -0.0673. The lowest BCUT2D eigenvalue weighted by atomic mass is 10.1. The van der Waals surface area contributed by atoms with Crippen molar-refractivity contribution in [3.05, 3.63) is 25.3 Å². The summed E-state index contributed by atoms with van der Waals surface area (Å²) < 4.78 is 10.6. The minimum absolute atomic E-state index is 0.0673. The van der Waals surface area contributed by atoms with E-state index in [9.17, 15) is 9.59 Å². The third-order valence-corrected chi connectivity index (χ3v) is 5.64. The van der Waals surface area contributed by atoms with Crippen LogP contribution in [0.15, 0.2) is 25.3 Å². The summed E-state index contributed by atoms with van der Waals surface area (Å²) in [5, 5.41) is 0. The van der Waals surface area contributed by atoms with Crippen molar-refractivity contribution >= 4 is 11.9 Å². The highest BCUT2D eigenvalue weighted by Crippen LogP contribution is 2.11. The Morgan fingerprint density at radius 1 is 0.469 bits per heavy atom. The molecule has 186 valence electrons. The fourth-order valence-electron chi connectivity index (χ4n) is 3.60. The molecule has 32 heavy (non-hydrogen) atoms. The van der Waals surface area contributed by atoms with Crippen LogP contribution >= 0.6 is 0 Å². The number of carbonyl (C=O) groups is 2. The standard InChI is InChI=1S/C28H50O4/c1-3-5-7-9-11-13-15-19-23-27(29)31-25-21-17-18-22-26-32-28(30)24-20-16-14-12-10-8-6-4-2/h3-4H,1-2,5-26H2. The number of hydrogen-bond donors (Lipinski definition) is 0. The molecule has 0 aromatic heterocycles. The Labute approximate surface area is 198 Å². The predicted octanol–water partition coefficient (Wildman–Crippen LogP) is 8.25. The summed E-state index contributed by atoms with van der Waals surface area (Å²) in [6.07, 6.45) is 25.0. The monoisotopic (exact) mass is 450 g/mol. The molecule has 0 fully saturated rings. The molecule has 0 rings (SSSR count). The van der Waals surface area contributed by atoms with Gasteiger partial charge in [0.05, 0.1) is 13.2 Å². The highest BCUT2D eigenvalue weighted by Gasteiger charge is 2.04. The van der Waals surface area contributed by atoms with Crippen LogP contribution in [-0.2, 0) is 19.1 Å². The summed E-state index contributed by atoms with van der Waals surface area (Å²) in [6, 6.07) is 0. The van der Waals surface area contributed by atoms with Gasteiger partial charge in [-0.1, -0.05) is 63.5 Å². The highest BCUT2D eigenvalue weighted by molar-refractivity contribution is 5.69. The molecule has 0 aliphatic heterocycles. The molecule has 0 aliphatic carbocycles. The van der Waals surface area contributed by atoms with Crippen molar-refractivity contribution in [1.29, 1.82) is 0 Å². The van der Waals surface area contributed by atoms with Crippen LogP contribution in [0.5, 0.6) is 0 Å². The van der Waals surface area contributed by atoms with Gasteiger partial charge in [0.1, 0.15) is 0 Å². The Bertz CT molecular complexity index is 416. The van der Waals surface area contributed by atoms with Crippen LogP contribution in [0.4, 0.5) is 0 Å². The summed E-state index contributed by atoms with van der Waals surface area (Å²) >= 11 is 0. The summed E-state index contributed by atoms with van der Waals surface area (Å²) in [5.41, 5.74) is 0. The number of ether oxygens (including phenoxy) is 2. The quantitative estimate of drug-likeness (QED) is 0.0798. The van der Waals surface area contributed by atoms with Crippen molar-refractivity contribution in [3.8, 4) is 0 Å². The Balaban J connectivity index is 3.27. The second-order valence-electron chi connectivity index (χ2n) is 8.75. The zero-order chi connectivity index (χ0) is 23.5. The molecule has 0 amide bonds. The van der Waals surface area contributed by atoms with Crippen LogP contribution in [0.25, 0.3) is 0 Å². The molecule has 0 saturated heterocycles. The first-order valence-corrected chi connectivity index (χ1v) is 13.2. The molecule has 0 unspecified atom stereocenters. The van der Waals surface area contributed by atoms with Crippen LogP contribution in [-0.4, -0.2) is 25.2 Å². The third-order valence-electron chi connectivity index (χ3n) is 5.64. The van der Waals surface area contributed by atoms with Crippen LogP contribution in [0.1, 0.15) is 128 Å². The molecule has 0 saturated carbocycles. The maximum atomic E-state index is 11.7. The van der Waals surface area contributed by atoms with E-state index in [-0.39, 0.29) is 11.9 Å². The van der Waals surface area contributed by atoms with Gasteiger partial charge in [-0.05, 0) is 64.2 Å². The fourth-order valence-corrected chi connectivity index (χ4v) is 3.60. The van der Waals surface area contributed by atoms with Crippen LogP contribution in [0.3, 0.4) is 0 Å². The van der Waals surface area contributed by atoms with Gasteiger partial charge in [0.15, 0.2) is 0 Å². The van der Waals surface area contributed by atoms with Crippen molar-refractivity contribution in [3.63, 3.8) is 0 Å². The molecule has 0 atom stereocenters. The molecule has 0 aliphatic rings. The Morgan fingerprint density at radius 2 is 0.781 bits per heavy atom. The van der Waals surface area contributed by atoms with Crippen LogP contribution < -0.4 is 0 Å². The second-order valence-corrected chi connectivity index (χ2v) is 8.75. The molecule has 0 aromatic rings. The molecule has 0 radical (unpaired) electrons. The normalized spacial score (nSPS) is 10.6. The molecule has 0 N–H and O–H groups in total. The predicted molar refractivity (Wildman–Crippen MR) is 135 cm³/mol. The van der Waals surface area contributed by atoms with Crippen molar-refractivity contribution < 1.29 is 19.1 Å². The average molecular weight is 451 g/mol. The molecular formula is C28H50O4. The maximum Gasteiger partial charge on any atom is 0.305 e. The molecule has 0 heterocycles. The maximum absolute atomic E-state index is 11.7. The number of carbonyl (C=O) groups excluding carboxylic acids is 2. The lowest BCUT2D eigenvalue weighted by Crippen LogP contribution is -2.07. The van der Waals surface area contributed by atoms with Crippen LogP contribution in [0.2, 0.25) is 0 Å². The molecule has 0 bridgehead atoms. The number of esters is 2. The minimum Gasteiger partial charge on any atom is -0.466 e. The van der Waals surface area contributed by atoms with Gasteiger partial charge in [-0.2, -0.15) is 0 Å². The SMILES string of the molecule is C=CCCCCCCCCC(=O)OCCCCCCOC(=O)CCCCCCCCC=C. The van der Waals surface area contributed by atoms with E-state index in [0.29, 0.717) is 26.1 Å². The lowest BCUT2D eigenvalue weighted by molar-refractivity contribution is -0.145. The first-order chi connectivity index (χ1) is 15.7. The molecule has 0 spiro atoms. The second kappa shape index (κ2) is 25.7. The molecular weight excluding hydrogens is 400 g/mol. The van der Waals surface area contributed by atoms with Gasteiger partial charge in [0.25, 0.3) is 0 Å². The van der Waals surface area contributed by atoms with Gasteiger partial charge >= 0.3 is 11.9 Å². The zero-order valence-corrected chi connectivity index (χ0v) is 20.8. The number of unbranched alkanes of at least 4 members (excludes halogenated alkanes) is 15. The summed E-state index contributed by atoms with van der Waals surface area (Å²) in [7, 11) is 0. The van der Waals surface area contributed by atoms with Gasteiger partial charge in [-0.3, -0.25) is 9.59 Å². The van der Waals surface area contributed by atoms with Crippen molar-refractivity contribution in [1.82, 2.24) is 0 Å². The molecule has 0 aromatic carbocycles. The van der Waals surface area contributed by atoms with Crippen molar-refractivity contribution in [2.45, 2.75) is 128 Å². The number of allylic oxidation sites excluding steroid dienone is 2. The first kappa shape index (κ1) is 30.4.